The van der Waals surface area contributed by atoms with E-state index in [4.69, 9.17) is 9.84 Å². The third-order valence-corrected chi connectivity index (χ3v) is 1.88. The molecular formula is C10H13NO3. The Labute approximate surface area is 82.5 Å². The van der Waals surface area contributed by atoms with Crippen molar-refractivity contribution in [3.05, 3.63) is 23.4 Å². The number of aryl methyl sites for hydroxylation is 1. The first-order valence-corrected chi connectivity index (χ1v) is 4.46. The molecule has 14 heavy (non-hydrogen) atoms. The Morgan fingerprint density at radius 2 is 2.29 bits per heavy atom. The number of ether oxygens (including phenoxy) is 1. The summed E-state index contributed by atoms with van der Waals surface area (Å²) >= 11 is 0. The van der Waals surface area contributed by atoms with E-state index < -0.39 is 5.97 Å². The first-order valence-electron chi connectivity index (χ1n) is 4.46. The van der Waals surface area contributed by atoms with Crippen LogP contribution >= 0.6 is 0 Å². The number of methoxy groups -OCH3 is 1. The quantitative estimate of drug-likeness (QED) is 0.795. The molecular weight excluding hydrogens is 182 g/mol. The zero-order valence-corrected chi connectivity index (χ0v) is 8.28. The molecule has 1 aromatic rings. The average Bonchev–Trinajstić information content (AvgIpc) is 2.18. The Bertz CT molecular complexity index is 336. The molecule has 0 aliphatic rings. The molecule has 0 fully saturated rings. The third-order valence-electron chi connectivity index (χ3n) is 1.88. The van der Waals surface area contributed by atoms with Crippen molar-refractivity contribution in [2.24, 2.45) is 0 Å². The van der Waals surface area contributed by atoms with Crippen LogP contribution in [0.25, 0.3) is 0 Å². The van der Waals surface area contributed by atoms with Gasteiger partial charge in [0.15, 0.2) is 5.69 Å². The average molecular weight is 195 g/mol. The molecule has 0 radical (unpaired) electrons. The van der Waals surface area contributed by atoms with Crippen molar-refractivity contribution in [3.63, 3.8) is 0 Å². The van der Waals surface area contributed by atoms with Crippen molar-refractivity contribution in [1.29, 1.82) is 0 Å². The van der Waals surface area contributed by atoms with Crippen LogP contribution in [0.3, 0.4) is 0 Å². The van der Waals surface area contributed by atoms with E-state index in [-0.39, 0.29) is 5.69 Å². The largest absolute Gasteiger partial charge is 0.481 e. The van der Waals surface area contributed by atoms with Gasteiger partial charge < -0.3 is 9.84 Å². The Morgan fingerprint density at radius 3 is 2.79 bits per heavy atom. The number of carboxylic acids is 1. The fourth-order valence-electron chi connectivity index (χ4n) is 1.24. The molecule has 0 aliphatic heterocycles. The van der Waals surface area contributed by atoms with Crippen molar-refractivity contribution < 1.29 is 14.6 Å². The van der Waals surface area contributed by atoms with Gasteiger partial charge in [0.1, 0.15) is 0 Å². The standard InChI is InChI=1S/C10H13NO3/c1-3-4-7-5-6-8(14-2)11-9(7)10(12)13/h5-6H,3-4H2,1-2H3,(H,12,13). The molecule has 76 valence electrons. The lowest BCUT2D eigenvalue weighted by Gasteiger charge is -2.05. The minimum absolute atomic E-state index is 0.0891. The molecule has 0 aromatic carbocycles. The second kappa shape index (κ2) is 4.60. The van der Waals surface area contributed by atoms with E-state index in [0.717, 1.165) is 18.4 Å². The van der Waals surface area contributed by atoms with E-state index in [1.54, 1.807) is 12.1 Å². The number of carbonyl (C=O) groups is 1. The van der Waals surface area contributed by atoms with Crippen molar-refractivity contribution >= 4 is 5.97 Å². The van der Waals surface area contributed by atoms with Crippen LogP contribution in [0.2, 0.25) is 0 Å². The molecule has 0 saturated heterocycles. The summed E-state index contributed by atoms with van der Waals surface area (Å²) in [5.74, 6) is -0.672. The van der Waals surface area contributed by atoms with Gasteiger partial charge in [-0.05, 0) is 12.0 Å². The van der Waals surface area contributed by atoms with Gasteiger partial charge in [-0.1, -0.05) is 19.4 Å². The number of hydrogen-bond donors (Lipinski definition) is 1. The molecule has 4 heteroatoms. The molecule has 0 saturated carbocycles. The van der Waals surface area contributed by atoms with Gasteiger partial charge >= 0.3 is 5.97 Å². The zero-order valence-electron chi connectivity index (χ0n) is 8.28. The summed E-state index contributed by atoms with van der Waals surface area (Å²) in [5, 5.41) is 8.89. The predicted molar refractivity (Wildman–Crippen MR) is 51.7 cm³/mol. The molecule has 1 rings (SSSR count). The van der Waals surface area contributed by atoms with E-state index in [2.05, 4.69) is 4.98 Å². The topological polar surface area (TPSA) is 59.4 Å². The maximum atomic E-state index is 10.8. The van der Waals surface area contributed by atoms with Crippen LogP contribution in [0.1, 0.15) is 29.4 Å². The maximum Gasteiger partial charge on any atom is 0.354 e. The lowest BCUT2D eigenvalue weighted by atomic mass is 10.1. The second-order valence-electron chi connectivity index (χ2n) is 2.92. The summed E-state index contributed by atoms with van der Waals surface area (Å²) in [7, 11) is 1.47. The van der Waals surface area contributed by atoms with Crippen molar-refractivity contribution in [1.82, 2.24) is 4.98 Å². The lowest BCUT2D eigenvalue weighted by molar-refractivity contribution is 0.0688. The van der Waals surface area contributed by atoms with Crippen LogP contribution < -0.4 is 4.74 Å². The Kier molecular flexibility index (Phi) is 3.45. The smallest absolute Gasteiger partial charge is 0.354 e. The van der Waals surface area contributed by atoms with Gasteiger partial charge in [-0.25, -0.2) is 9.78 Å². The zero-order chi connectivity index (χ0) is 10.6. The molecule has 1 aromatic heterocycles. The minimum Gasteiger partial charge on any atom is -0.481 e. The second-order valence-corrected chi connectivity index (χ2v) is 2.92. The van der Waals surface area contributed by atoms with Gasteiger partial charge in [0, 0.05) is 6.07 Å². The van der Waals surface area contributed by atoms with Crippen LogP contribution in [-0.4, -0.2) is 23.2 Å². The van der Waals surface area contributed by atoms with Gasteiger partial charge in [0.25, 0.3) is 0 Å². The first-order chi connectivity index (χ1) is 6.69. The molecule has 1 heterocycles. The van der Waals surface area contributed by atoms with Gasteiger partial charge in [-0.15, -0.1) is 0 Å². The fourth-order valence-corrected chi connectivity index (χ4v) is 1.24. The Morgan fingerprint density at radius 1 is 1.57 bits per heavy atom. The number of aromatic nitrogens is 1. The van der Waals surface area contributed by atoms with Crippen LogP contribution in [0.5, 0.6) is 5.88 Å². The molecule has 1 N–H and O–H groups in total. The summed E-state index contributed by atoms with van der Waals surface area (Å²) in [6.07, 6.45) is 1.62. The van der Waals surface area contributed by atoms with Gasteiger partial charge in [0.2, 0.25) is 5.88 Å². The summed E-state index contributed by atoms with van der Waals surface area (Å²) in [6, 6.07) is 3.43. The highest BCUT2D eigenvalue weighted by Gasteiger charge is 2.12. The molecule has 0 aliphatic carbocycles. The van der Waals surface area contributed by atoms with Gasteiger partial charge in [0.05, 0.1) is 7.11 Å². The van der Waals surface area contributed by atoms with E-state index in [1.165, 1.54) is 7.11 Å². The fraction of sp³-hybridized carbons (Fsp3) is 0.400. The third kappa shape index (κ3) is 2.22. The van der Waals surface area contributed by atoms with Crippen LogP contribution in [0.4, 0.5) is 0 Å². The SMILES string of the molecule is CCCc1ccc(OC)nc1C(=O)O. The molecule has 0 bridgehead atoms. The summed E-state index contributed by atoms with van der Waals surface area (Å²) < 4.78 is 4.86. The van der Waals surface area contributed by atoms with Crippen LogP contribution in [0, 0.1) is 0 Å². The maximum absolute atomic E-state index is 10.8. The van der Waals surface area contributed by atoms with Gasteiger partial charge in [-0.3, -0.25) is 0 Å². The van der Waals surface area contributed by atoms with Crippen molar-refractivity contribution in [3.8, 4) is 5.88 Å². The van der Waals surface area contributed by atoms with Crippen LogP contribution in [0.15, 0.2) is 12.1 Å². The van der Waals surface area contributed by atoms with E-state index >= 15 is 0 Å². The number of hydrogen-bond acceptors (Lipinski definition) is 3. The lowest BCUT2D eigenvalue weighted by Crippen LogP contribution is -2.06. The molecule has 0 amide bonds. The first kappa shape index (κ1) is 10.5. The Balaban J connectivity index is 3.10. The number of nitrogens with zero attached hydrogens (tertiary/aromatic N) is 1. The number of rotatable bonds is 4. The molecule has 0 unspecified atom stereocenters. The Hall–Kier alpha value is -1.58. The molecule has 4 nitrogen and oxygen atoms in total. The van der Waals surface area contributed by atoms with Gasteiger partial charge in [-0.2, -0.15) is 0 Å². The molecule has 0 atom stereocenters. The highest BCUT2D eigenvalue weighted by molar-refractivity contribution is 5.87. The predicted octanol–water partition coefficient (Wildman–Crippen LogP) is 1.74. The van der Waals surface area contributed by atoms with Crippen LogP contribution in [-0.2, 0) is 6.42 Å². The number of carboxylic acid groups (broad SMARTS) is 1. The monoisotopic (exact) mass is 195 g/mol. The normalized spacial score (nSPS) is 9.86. The summed E-state index contributed by atoms with van der Waals surface area (Å²) in [6.45, 7) is 2.00. The molecule has 0 spiro atoms. The highest BCUT2D eigenvalue weighted by atomic mass is 16.5. The van der Waals surface area contributed by atoms with Crippen molar-refractivity contribution in [2.75, 3.05) is 7.11 Å². The number of pyridine rings is 1. The highest BCUT2D eigenvalue weighted by Crippen LogP contribution is 2.14. The van der Waals surface area contributed by atoms with E-state index in [1.807, 2.05) is 6.92 Å². The summed E-state index contributed by atoms with van der Waals surface area (Å²) in [5.41, 5.74) is 0.840. The van der Waals surface area contributed by atoms with Crippen molar-refractivity contribution in [2.45, 2.75) is 19.8 Å². The van der Waals surface area contributed by atoms with E-state index in [0.29, 0.717) is 5.88 Å². The minimum atomic E-state index is -1.01. The number of aromatic carboxylic acids is 1. The van der Waals surface area contributed by atoms with E-state index in [9.17, 15) is 4.79 Å². The summed E-state index contributed by atoms with van der Waals surface area (Å²) in [4.78, 5) is 14.7.